The standard InChI is InChI=1S/C18H28O6/c1-7-17(5,16(21)23-13-9-10-22-15(13)20)11-18(6,8-2)24-14(19)12(3)4/h13H,3,7-11H2,1-2,4-6H3. The van der Waals surface area contributed by atoms with Crippen molar-refractivity contribution in [3.05, 3.63) is 12.2 Å². The van der Waals surface area contributed by atoms with E-state index in [1.807, 2.05) is 13.8 Å². The Bertz CT molecular complexity index is 526. The van der Waals surface area contributed by atoms with Crippen molar-refractivity contribution < 1.29 is 28.6 Å². The second kappa shape index (κ2) is 7.81. The minimum absolute atomic E-state index is 0.266. The summed E-state index contributed by atoms with van der Waals surface area (Å²) in [6.45, 7) is 12.7. The number of ether oxygens (including phenoxy) is 3. The van der Waals surface area contributed by atoms with Gasteiger partial charge in [0.25, 0.3) is 0 Å². The largest absolute Gasteiger partial charge is 0.463 e. The Balaban J connectivity index is 2.87. The summed E-state index contributed by atoms with van der Waals surface area (Å²) in [4.78, 5) is 36.0. The molecule has 1 heterocycles. The van der Waals surface area contributed by atoms with Crippen molar-refractivity contribution in [2.24, 2.45) is 5.41 Å². The lowest BCUT2D eigenvalue weighted by Crippen LogP contribution is -2.43. The first-order valence-electron chi connectivity index (χ1n) is 8.33. The first kappa shape index (κ1) is 20.2. The molecule has 0 bridgehead atoms. The van der Waals surface area contributed by atoms with Crippen LogP contribution < -0.4 is 0 Å². The molecule has 0 aromatic carbocycles. The van der Waals surface area contributed by atoms with Gasteiger partial charge in [-0.05, 0) is 33.6 Å². The quantitative estimate of drug-likeness (QED) is 0.384. The third kappa shape index (κ3) is 4.82. The number of rotatable bonds is 8. The smallest absolute Gasteiger partial charge is 0.347 e. The molecule has 0 N–H and O–H groups in total. The van der Waals surface area contributed by atoms with E-state index >= 15 is 0 Å². The van der Waals surface area contributed by atoms with E-state index in [9.17, 15) is 14.4 Å². The number of hydrogen-bond donors (Lipinski definition) is 0. The zero-order valence-corrected chi connectivity index (χ0v) is 15.3. The van der Waals surface area contributed by atoms with Gasteiger partial charge in [-0.2, -0.15) is 0 Å². The molecule has 0 amide bonds. The monoisotopic (exact) mass is 340 g/mol. The average Bonchev–Trinajstić information content (AvgIpc) is 2.91. The van der Waals surface area contributed by atoms with E-state index < -0.39 is 35.0 Å². The fraction of sp³-hybridized carbons (Fsp3) is 0.722. The van der Waals surface area contributed by atoms with E-state index in [4.69, 9.17) is 14.2 Å². The van der Waals surface area contributed by atoms with Crippen LogP contribution in [-0.4, -0.2) is 36.2 Å². The summed E-state index contributed by atoms with van der Waals surface area (Å²) in [6, 6.07) is 0. The van der Waals surface area contributed by atoms with E-state index in [2.05, 4.69) is 6.58 Å². The molecular formula is C18H28O6. The van der Waals surface area contributed by atoms with E-state index in [1.165, 1.54) is 0 Å². The molecule has 3 atom stereocenters. The van der Waals surface area contributed by atoms with Gasteiger partial charge < -0.3 is 14.2 Å². The first-order chi connectivity index (χ1) is 11.1. The molecule has 1 aliphatic heterocycles. The number of carbonyl (C=O) groups excluding carboxylic acids is 3. The van der Waals surface area contributed by atoms with Gasteiger partial charge in [-0.25, -0.2) is 9.59 Å². The van der Waals surface area contributed by atoms with Crippen LogP contribution >= 0.6 is 0 Å². The van der Waals surface area contributed by atoms with Gasteiger partial charge in [0.2, 0.25) is 6.10 Å². The minimum Gasteiger partial charge on any atom is -0.463 e. The number of carbonyl (C=O) groups is 3. The highest BCUT2D eigenvalue weighted by molar-refractivity contribution is 5.87. The van der Waals surface area contributed by atoms with Crippen LogP contribution in [0.25, 0.3) is 0 Å². The summed E-state index contributed by atoms with van der Waals surface area (Å²) in [5, 5.41) is 0. The van der Waals surface area contributed by atoms with Gasteiger partial charge in [-0.3, -0.25) is 4.79 Å². The highest BCUT2D eigenvalue weighted by atomic mass is 16.6. The first-order valence-corrected chi connectivity index (χ1v) is 8.33. The molecule has 1 rings (SSSR count). The van der Waals surface area contributed by atoms with E-state index in [-0.39, 0.29) is 6.61 Å². The molecule has 1 aliphatic rings. The average molecular weight is 340 g/mol. The summed E-state index contributed by atoms with van der Waals surface area (Å²) in [5.74, 6) is -1.46. The summed E-state index contributed by atoms with van der Waals surface area (Å²) in [5.41, 5.74) is -1.39. The molecule has 136 valence electrons. The van der Waals surface area contributed by atoms with Crippen molar-refractivity contribution in [2.75, 3.05) is 6.61 Å². The third-order valence-corrected chi connectivity index (χ3v) is 4.61. The van der Waals surface area contributed by atoms with Gasteiger partial charge >= 0.3 is 17.9 Å². The number of esters is 3. The van der Waals surface area contributed by atoms with Gasteiger partial charge in [-0.1, -0.05) is 20.4 Å². The highest BCUT2D eigenvalue weighted by Crippen LogP contribution is 2.37. The fourth-order valence-electron chi connectivity index (χ4n) is 2.57. The third-order valence-electron chi connectivity index (χ3n) is 4.61. The van der Waals surface area contributed by atoms with Crippen LogP contribution in [0.5, 0.6) is 0 Å². The van der Waals surface area contributed by atoms with Crippen molar-refractivity contribution in [2.45, 2.75) is 72.0 Å². The molecule has 6 heteroatoms. The Labute approximate surface area is 143 Å². The van der Waals surface area contributed by atoms with E-state index in [1.54, 1.807) is 20.8 Å². The molecule has 1 fully saturated rings. The maximum Gasteiger partial charge on any atom is 0.347 e. The second-order valence-electron chi connectivity index (χ2n) is 6.91. The minimum atomic E-state index is -0.872. The van der Waals surface area contributed by atoms with Gasteiger partial charge in [0.05, 0.1) is 12.0 Å². The van der Waals surface area contributed by atoms with Crippen molar-refractivity contribution in [3.63, 3.8) is 0 Å². The summed E-state index contributed by atoms with van der Waals surface area (Å²) in [7, 11) is 0. The lowest BCUT2D eigenvalue weighted by atomic mass is 9.76. The molecule has 0 spiro atoms. The lowest BCUT2D eigenvalue weighted by Gasteiger charge is -2.37. The Morgan fingerprint density at radius 1 is 1.29 bits per heavy atom. The van der Waals surface area contributed by atoms with Gasteiger partial charge in [0.1, 0.15) is 5.60 Å². The SMILES string of the molecule is C=C(C)C(=O)OC(C)(CC)CC(C)(CC)C(=O)OC1CCOC1=O. The maximum atomic E-state index is 12.6. The molecular weight excluding hydrogens is 312 g/mol. The normalized spacial score (nSPS) is 22.0. The van der Waals surface area contributed by atoms with Crippen LogP contribution in [-0.2, 0) is 28.6 Å². The van der Waals surface area contributed by atoms with Crippen LogP contribution in [0.2, 0.25) is 0 Å². The van der Waals surface area contributed by atoms with Crippen LogP contribution in [0.4, 0.5) is 0 Å². The Kier molecular flexibility index (Phi) is 6.58. The van der Waals surface area contributed by atoms with Crippen LogP contribution in [0.1, 0.15) is 60.3 Å². The predicted molar refractivity (Wildman–Crippen MR) is 88.1 cm³/mol. The van der Waals surface area contributed by atoms with Crippen molar-refractivity contribution >= 4 is 17.9 Å². The zero-order valence-electron chi connectivity index (χ0n) is 15.3. The summed E-state index contributed by atoms with van der Waals surface area (Å²) >= 11 is 0. The maximum absolute atomic E-state index is 12.6. The van der Waals surface area contributed by atoms with Crippen molar-refractivity contribution in [3.8, 4) is 0 Å². The van der Waals surface area contributed by atoms with Gasteiger partial charge in [0.15, 0.2) is 0 Å². The molecule has 3 unspecified atom stereocenters. The fourth-order valence-corrected chi connectivity index (χ4v) is 2.57. The van der Waals surface area contributed by atoms with Gasteiger partial charge in [-0.15, -0.1) is 0 Å². The van der Waals surface area contributed by atoms with Crippen LogP contribution in [0, 0.1) is 5.41 Å². The zero-order chi connectivity index (χ0) is 18.5. The van der Waals surface area contributed by atoms with Crippen LogP contribution in [0.3, 0.4) is 0 Å². The highest BCUT2D eigenvalue weighted by Gasteiger charge is 2.44. The molecule has 6 nitrogen and oxygen atoms in total. The molecule has 0 aromatic rings. The molecule has 0 aliphatic carbocycles. The van der Waals surface area contributed by atoms with E-state index in [0.717, 1.165) is 0 Å². The van der Waals surface area contributed by atoms with E-state index in [0.29, 0.717) is 31.3 Å². The number of hydrogen-bond acceptors (Lipinski definition) is 6. The van der Waals surface area contributed by atoms with Crippen molar-refractivity contribution in [1.82, 2.24) is 0 Å². The molecule has 0 aromatic heterocycles. The van der Waals surface area contributed by atoms with Gasteiger partial charge in [0, 0.05) is 18.4 Å². The Morgan fingerprint density at radius 2 is 1.92 bits per heavy atom. The predicted octanol–water partition coefficient (Wildman–Crippen LogP) is 2.94. The lowest BCUT2D eigenvalue weighted by molar-refractivity contribution is -0.174. The Hall–Kier alpha value is -1.85. The topological polar surface area (TPSA) is 78.9 Å². The number of cyclic esters (lactones) is 1. The molecule has 1 saturated heterocycles. The molecule has 0 radical (unpaired) electrons. The molecule has 24 heavy (non-hydrogen) atoms. The summed E-state index contributed by atoms with van der Waals surface area (Å²) in [6.07, 6.45) is 0.871. The summed E-state index contributed by atoms with van der Waals surface area (Å²) < 4.78 is 15.7. The van der Waals surface area contributed by atoms with Crippen molar-refractivity contribution in [1.29, 1.82) is 0 Å². The van der Waals surface area contributed by atoms with Crippen LogP contribution in [0.15, 0.2) is 12.2 Å². The molecule has 0 saturated carbocycles. The Morgan fingerprint density at radius 3 is 2.33 bits per heavy atom. The second-order valence-corrected chi connectivity index (χ2v) is 6.91.